The summed E-state index contributed by atoms with van der Waals surface area (Å²) in [6, 6.07) is 33.1. The molecule has 238 valence electrons. The Morgan fingerprint density at radius 3 is 2.12 bits per heavy atom. The highest BCUT2D eigenvalue weighted by Gasteiger charge is 2.66. The molecule has 0 radical (unpaired) electrons. The third-order valence-corrected chi connectivity index (χ3v) is 11.2. The van der Waals surface area contributed by atoms with Crippen LogP contribution in [-0.4, -0.2) is 28.5 Å². The lowest BCUT2D eigenvalue weighted by atomic mass is 9.44. The molecule has 6 nitrogen and oxygen atoms in total. The minimum atomic E-state index is -1.37. The summed E-state index contributed by atoms with van der Waals surface area (Å²) in [7, 11) is 0. The van der Waals surface area contributed by atoms with Crippen LogP contribution in [0.15, 0.2) is 127 Å². The van der Waals surface area contributed by atoms with Crippen molar-refractivity contribution in [3.63, 3.8) is 0 Å². The van der Waals surface area contributed by atoms with Gasteiger partial charge in [-0.3, -0.25) is 24.1 Å². The molecule has 6 heteroatoms. The number of nitrogens with zero attached hydrogens (tertiary/aromatic N) is 1. The van der Waals surface area contributed by atoms with Crippen molar-refractivity contribution < 1.29 is 24.3 Å². The van der Waals surface area contributed by atoms with Crippen molar-refractivity contribution in [3.05, 3.63) is 149 Å². The number of carbonyl (C=O) groups excluding carboxylic acids is 4. The first-order chi connectivity index (χ1) is 23.4. The van der Waals surface area contributed by atoms with E-state index in [0.29, 0.717) is 34.4 Å². The van der Waals surface area contributed by atoms with Crippen molar-refractivity contribution in [2.75, 3.05) is 4.90 Å². The lowest BCUT2D eigenvalue weighted by Crippen LogP contribution is -2.58. The molecule has 0 bridgehead atoms. The largest absolute Gasteiger partial charge is 0.508 e. The Kier molecular flexibility index (Phi) is 7.13. The first-order valence-electron chi connectivity index (χ1n) is 16.7. The zero-order valence-corrected chi connectivity index (χ0v) is 26.6. The molecule has 1 saturated heterocycles. The van der Waals surface area contributed by atoms with E-state index in [4.69, 9.17) is 0 Å². The molecule has 6 atom stereocenters. The normalized spacial score (nSPS) is 27.9. The lowest BCUT2D eigenvalue weighted by molar-refractivity contribution is -0.135. The summed E-state index contributed by atoms with van der Waals surface area (Å²) >= 11 is 0. The number of phenols is 1. The molecule has 2 amide bonds. The number of allylic oxidation sites excluding steroid dienone is 4. The second kappa shape index (κ2) is 11.4. The number of aromatic hydroxyl groups is 1. The van der Waals surface area contributed by atoms with Gasteiger partial charge in [0.1, 0.15) is 5.75 Å². The van der Waals surface area contributed by atoms with E-state index < -0.39 is 35.0 Å². The Balaban J connectivity index is 1.34. The fraction of sp³-hybridized carbons (Fsp3) is 0.238. The number of Topliss-reactive ketones (excluding diaryl/α,β-unsaturated/α-hetero) is 1. The highest BCUT2D eigenvalue weighted by molar-refractivity contribution is 6.32. The van der Waals surface area contributed by atoms with E-state index in [9.17, 15) is 19.5 Å². The first kappa shape index (κ1) is 30.0. The van der Waals surface area contributed by atoms with Gasteiger partial charge in [-0.2, -0.15) is 0 Å². The van der Waals surface area contributed by atoms with Gasteiger partial charge in [-0.25, -0.2) is 0 Å². The van der Waals surface area contributed by atoms with Crippen LogP contribution in [0.1, 0.15) is 47.9 Å². The quantitative estimate of drug-likeness (QED) is 0.189. The van der Waals surface area contributed by atoms with Gasteiger partial charge in [-0.1, -0.05) is 110 Å². The molecule has 6 unspecified atom stereocenters. The van der Waals surface area contributed by atoms with Crippen molar-refractivity contribution in [2.45, 2.75) is 37.5 Å². The Morgan fingerprint density at radius 2 is 1.44 bits per heavy atom. The number of amides is 2. The van der Waals surface area contributed by atoms with E-state index >= 15 is 4.79 Å². The van der Waals surface area contributed by atoms with Crippen molar-refractivity contribution in [1.82, 2.24) is 0 Å². The average molecular weight is 634 g/mol. The van der Waals surface area contributed by atoms with E-state index in [1.165, 1.54) is 11.0 Å². The van der Waals surface area contributed by atoms with Crippen LogP contribution >= 0.6 is 0 Å². The van der Waals surface area contributed by atoms with E-state index in [1.807, 2.05) is 103 Å². The number of rotatable bonds is 5. The molecule has 4 aliphatic rings. The fourth-order valence-corrected chi connectivity index (χ4v) is 9.09. The zero-order chi connectivity index (χ0) is 33.2. The Hall–Kier alpha value is -5.36. The molecule has 48 heavy (non-hydrogen) atoms. The molecule has 2 fully saturated rings. The summed E-state index contributed by atoms with van der Waals surface area (Å²) in [5.74, 6) is -4.22. The maximum atomic E-state index is 15.0. The van der Waals surface area contributed by atoms with Crippen molar-refractivity contribution in [1.29, 1.82) is 0 Å². The minimum absolute atomic E-state index is 0.0183. The summed E-state index contributed by atoms with van der Waals surface area (Å²) in [6.45, 7) is 2.05. The number of benzene rings is 4. The minimum Gasteiger partial charge on any atom is -0.508 e. The lowest BCUT2D eigenvalue weighted by Gasteiger charge is -2.55. The summed E-state index contributed by atoms with van der Waals surface area (Å²) in [5.41, 5.74) is 3.35. The molecule has 0 aromatic heterocycles. The van der Waals surface area contributed by atoms with Gasteiger partial charge in [-0.15, -0.1) is 0 Å². The van der Waals surface area contributed by atoms with Crippen LogP contribution in [0.3, 0.4) is 0 Å². The van der Waals surface area contributed by atoms with Gasteiger partial charge in [0.25, 0.3) is 0 Å². The monoisotopic (exact) mass is 633 g/mol. The average Bonchev–Trinajstić information content (AvgIpc) is 3.39. The molecule has 1 heterocycles. The first-order valence-corrected chi connectivity index (χ1v) is 16.7. The van der Waals surface area contributed by atoms with Crippen LogP contribution in [-0.2, 0) is 31.0 Å². The van der Waals surface area contributed by atoms with Crippen molar-refractivity contribution in [2.24, 2.45) is 23.7 Å². The van der Waals surface area contributed by atoms with E-state index in [0.717, 1.165) is 17.6 Å². The molecule has 4 aromatic carbocycles. The molecule has 1 aliphatic heterocycles. The number of fused-ring (bicyclic) bond motifs is 4. The van der Waals surface area contributed by atoms with E-state index in [-0.39, 0.29) is 35.6 Å². The van der Waals surface area contributed by atoms with Crippen LogP contribution in [0.2, 0.25) is 0 Å². The number of ketones is 2. The Labute approximate surface area is 279 Å². The topological polar surface area (TPSA) is 91.8 Å². The number of aryl methyl sites for hydroxylation is 1. The third kappa shape index (κ3) is 4.25. The predicted molar refractivity (Wildman–Crippen MR) is 183 cm³/mol. The molecular formula is C42H35NO5. The Morgan fingerprint density at radius 1 is 0.771 bits per heavy atom. The number of phenolic OH excluding ortho intramolecular Hbond substituents is 1. The van der Waals surface area contributed by atoms with Gasteiger partial charge in [0.2, 0.25) is 11.8 Å². The second-order valence-corrected chi connectivity index (χ2v) is 13.4. The molecule has 4 aromatic rings. The number of para-hydroxylation sites is 1. The second-order valence-electron chi connectivity index (χ2n) is 13.4. The summed E-state index contributed by atoms with van der Waals surface area (Å²) < 4.78 is 0. The maximum absolute atomic E-state index is 15.0. The summed E-state index contributed by atoms with van der Waals surface area (Å²) in [4.78, 5) is 59.8. The number of hydrogen-bond donors (Lipinski definition) is 1. The van der Waals surface area contributed by atoms with Gasteiger partial charge in [-0.05, 0) is 66.1 Å². The molecule has 3 aliphatic carbocycles. The number of imide groups is 1. The molecule has 1 saturated carbocycles. The van der Waals surface area contributed by atoms with Crippen LogP contribution in [0.4, 0.5) is 5.69 Å². The van der Waals surface area contributed by atoms with Crippen LogP contribution in [0.25, 0.3) is 5.57 Å². The van der Waals surface area contributed by atoms with Gasteiger partial charge in [0.15, 0.2) is 11.6 Å². The molecule has 0 spiro atoms. The zero-order valence-electron chi connectivity index (χ0n) is 26.6. The summed E-state index contributed by atoms with van der Waals surface area (Å²) in [6.07, 6.45) is 4.91. The molecule has 8 rings (SSSR count). The predicted octanol–water partition coefficient (Wildman–Crippen LogP) is 6.98. The fourth-order valence-electron chi connectivity index (χ4n) is 9.09. The highest BCUT2D eigenvalue weighted by atomic mass is 16.3. The van der Waals surface area contributed by atoms with E-state index in [2.05, 4.69) is 6.92 Å². The maximum Gasteiger partial charge on any atom is 0.238 e. The third-order valence-electron chi connectivity index (χ3n) is 11.2. The SMILES string of the molecule is CCc1ccc(N2C(=O)C3CC=C4C(CC5C(=O)C(c6ccccc6)=CC(=O)C5(c5ccccc5)C4c4ccccc4O)C3C2=O)cc1. The molecule has 1 N–H and O–H groups in total. The van der Waals surface area contributed by atoms with Crippen molar-refractivity contribution >= 4 is 34.6 Å². The van der Waals surface area contributed by atoms with Crippen LogP contribution in [0, 0.1) is 23.7 Å². The van der Waals surface area contributed by atoms with Crippen molar-refractivity contribution in [3.8, 4) is 5.75 Å². The summed E-state index contributed by atoms with van der Waals surface area (Å²) in [5, 5.41) is 11.4. The van der Waals surface area contributed by atoms with Gasteiger partial charge in [0.05, 0.1) is 22.9 Å². The van der Waals surface area contributed by atoms with Crippen LogP contribution < -0.4 is 4.90 Å². The standard InChI is InChI=1S/C42H35NO5/c1-2-25-17-19-28(20-18-25)43-40(47)31-22-21-29-33(37(31)41(43)48)23-34-39(46)32(26-11-5-3-6-12-26)24-36(45)42(34,27-13-7-4-8-14-27)38(29)30-15-9-10-16-35(30)44/h3-21,24,31,33-34,37-38,44H,2,22-23H2,1H3. The smallest absolute Gasteiger partial charge is 0.238 e. The van der Waals surface area contributed by atoms with E-state index in [1.54, 1.807) is 12.1 Å². The van der Waals surface area contributed by atoms with Crippen LogP contribution in [0.5, 0.6) is 5.75 Å². The highest BCUT2D eigenvalue weighted by Crippen LogP contribution is 2.64. The number of anilines is 1. The number of carbonyl (C=O) groups is 4. The van der Waals surface area contributed by atoms with Gasteiger partial charge < -0.3 is 5.11 Å². The van der Waals surface area contributed by atoms with Gasteiger partial charge >= 0.3 is 0 Å². The number of hydrogen-bond acceptors (Lipinski definition) is 5. The molecular weight excluding hydrogens is 598 g/mol. The van der Waals surface area contributed by atoms with Gasteiger partial charge in [0, 0.05) is 23.0 Å². The Bertz CT molecular complexity index is 2030.